The monoisotopic (exact) mass is 848 g/mol. The zero-order chi connectivity index (χ0) is 43.5. The minimum absolute atomic E-state index is 0.0835. The number of imidazole rings is 2. The SMILES string of the molecule is COC(=O)N[C@@H](C(=O)N1C(c2nc3ccc4cc(-c5ccc6c(ccc7nc(C8CCCN8C(=O)[C@@H](NC(C)OC)C(C)C)[nH]c76)c5)ccc4c3[nH]2)[C@H]2CC[C@@H]1C2)C1=CC=CCC1. The molecule has 4 aromatic carbocycles. The number of methoxy groups -OCH3 is 2. The van der Waals surface area contributed by atoms with Gasteiger partial charge in [-0.1, -0.05) is 68.5 Å². The molecule has 2 saturated heterocycles. The van der Waals surface area contributed by atoms with E-state index in [0.29, 0.717) is 13.0 Å². The van der Waals surface area contributed by atoms with E-state index in [1.165, 1.54) is 7.11 Å². The molecule has 3 amide bonds. The Morgan fingerprint density at radius 2 is 1.51 bits per heavy atom. The predicted molar refractivity (Wildman–Crippen MR) is 245 cm³/mol. The summed E-state index contributed by atoms with van der Waals surface area (Å²) in [7, 11) is 2.97. The summed E-state index contributed by atoms with van der Waals surface area (Å²) < 4.78 is 10.4. The second kappa shape index (κ2) is 16.6. The highest BCUT2D eigenvalue weighted by Gasteiger charge is 2.51. The summed E-state index contributed by atoms with van der Waals surface area (Å²) in [6.45, 7) is 6.75. The van der Waals surface area contributed by atoms with Crippen molar-refractivity contribution >= 4 is 61.5 Å². The Hall–Kier alpha value is -6.05. The van der Waals surface area contributed by atoms with E-state index < -0.39 is 12.1 Å². The highest BCUT2D eigenvalue weighted by molar-refractivity contribution is 6.07. The van der Waals surface area contributed by atoms with Gasteiger partial charge in [-0.15, -0.1) is 0 Å². The molecule has 2 aromatic heterocycles. The molecule has 2 aliphatic carbocycles. The van der Waals surface area contributed by atoms with Gasteiger partial charge in [-0.3, -0.25) is 14.9 Å². The lowest BCUT2D eigenvalue weighted by atomic mass is 9.93. The van der Waals surface area contributed by atoms with Crippen LogP contribution in [-0.2, 0) is 19.1 Å². The van der Waals surface area contributed by atoms with Crippen LogP contribution in [-0.4, -0.2) is 92.8 Å². The van der Waals surface area contributed by atoms with E-state index in [0.717, 1.165) is 110 Å². The number of amides is 3. The van der Waals surface area contributed by atoms with Crippen LogP contribution in [0, 0.1) is 11.8 Å². The molecule has 4 heterocycles. The van der Waals surface area contributed by atoms with Gasteiger partial charge < -0.3 is 34.6 Å². The number of alkyl carbamates (subject to hydrolysis) is 1. The van der Waals surface area contributed by atoms with Crippen LogP contribution >= 0.6 is 0 Å². The van der Waals surface area contributed by atoms with Crippen molar-refractivity contribution < 1.29 is 23.9 Å². The number of rotatable bonds is 11. The fourth-order valence-corrected chi connectivity index (χ4v) is 10.8. The maximum atomic E-state index is 14.5. The Morgan fingerprint density at radius 3 is 2.14 bits per heavy atom. The number of fused-ring (bicyclic) bond motifs is 8. The summed E-state index contributed by atoms with van der Waals surface area (Å²) in [5.74, 6) is 1.99. The molecule has 13 nitrogen and oxygen atoms in total. The molecule has 10 rings (SSSR count). The van der Waals surface area contributed by atoms with E-state index in [2.05, 4.69) is 101 Å². The quantitative estimate of drug-likeness (QED) is 0.0944. The zero-order valence-electron chi connectivity index (χ0n) is 36.6. The number of nitrogens with one attached hydrogen (secondary N) is 4. The largest absolute Gasteiger partial charge is 0.453 e. The molecule has 2 bridgehead atoms. The Morgan fingerprint density at radius 1 is 0.825 bits per heavy atom. The fourth-order valence-electron chi connectivity index (χ4n) is 10.8. The number of carbonyl (C=O) groups is 3. The van der Waals surface area contributed by atoms with E-state index in [1.54, 1.807) is 7.11 Å². The summed E-state index contributed by atoms with van der Waals surface area (Å²) in [4.78, 5) is 62.4. The molecule has 4 N–H and O–H groups in total. The number of nitrogens with zero attached hydrogens (tertiary/aromatic N) is 4. The third kappa shape index (κ3) is 7.34. The Bertz CT molecular complexity index is 2820. The molecule has 1 saturated carbocycles. The molecule has 13 heteroatoms. The van der Waals surface area contributed by atoms with Gasteiger partial charge >= 0.3 is 6.09 Å². The molecular weight excluding hydrogens is 793 g/mol. The van der Waals surface area contributed by atoms with Gasteiger partial charge in [0, 0.05) is 30.5 Å². The molecule has 6 aromatic rings. The van der Waals surface area contributed by atoms with E-state index in [4.69, 9.17) is 19.4 Å². The van der Waals surface area contributed by atoms with Gasteiger partial charge in [0.1, 0.15) is 23.9 Å². The smallest absolute Gasteiger partial charge is 0.407 e. The molecule has 3 unspecified atom stereocenters. The van der Waals surface area contributed by atoms with Gasteiger partial charge in [0.05, 0.1) is 47.3 Å². The summed E-state index contributed by atoms with van der Waals surface area (Å²) >= 11 is 0. The average Bonchev–Trinajstić information content (AvgIpc) is 4.17. The number of likely N-dealkylation sites (tertiary alicyclic amines) is 2. The number of hydrogen-bond donors (Lipinski definition) is 4. The zero-order valence-corrected chi connectivity index (χ0v) is 36.6. The number of aromatic nitrogens is 4. The topological polar surface area (TPSA) is 158 Å². The lowest BCUT2D eigenvalue weighted by molar-refractivity contribution is -0.137. The Labute approximate surface area is 366 Å². The maximum Gasteiger partial charge on any atom is 0.407 e. The van der Waals surface area contributed by atoms with E-state index in [1.807, 2.05) is 28.9 Å². The van der Waals surface area contributed by atoms with Crippen molar-refractivity contribution in [3.63, 3.8) is 0 Å². The molecule has 7 atom stereocenters. The van der Waals surface area contributed by atoms with Crippen molar-refractivity contribution in [1.82, 2.24) is 40.4 Å². The highest BCUT2D eigenvalue weighted by atomic mass is 16.5. The van der Waals surface area contributed by atoms with Crippen molar-refractivity contribution in [3.8, 4) is 11.1 Å². The van der Waals surface area contributed by atoms with E-state index in [-0.39, 0.29) is 54.0 Å². The van der Waals surface area contributed by atoms with Gasteiger partial charge in [0.25, 0.3) is 0 Å². The third-order valence-electron chi connectivity index (χ3n) is 14.1. The standard InChI is InChI=1S/C50H56N8O5/c1-27(2)41(51-28(3)62-4)48(59)57-23-9-12-40(57)46-52-38-21-16-32-24-30(14-19-36(32)43(38)54-46)31-15-20-37-33(25-31)17-22-39-44(37)55-47(53-39)45-34-13-18-35(26-34)58(45)49(60)42(56-50(61)63-5)29-10-7-6-8-11-29/h6-7,10,14-17,19-22,24-25,27-28,34-35,40-42,45,51H,8-9,11-13,18,23,26H2,1-5H3,(H,52,54)(H,53,55)(H,56,61)/t28?,34-,35+,40?,41-,42+,45?/m0/s1. The molecule has 63 heavy (non-hydrogen) atoms. The van der Waals surface area contributed by atoms with Crippen LogP contribution in [0.3, 0.4) is 0 Å². The number of ether oxygens (including phenoxy) is 2. The molecule has 4 aliphatic rings. The van der Waals surface area contributed by atoms with Gasteiger partial charge in [-0.25, -0.2) is 14.8 Å². The van der Waals surface area contributed by atoms with Crippen LogP contribution in [0.15, 0.2) is 84.5 Å². The molecule has 3 fully saturated rings. The minimum atomic E-state index is -0.790. The van der Waals surface area contributed by atoms with Crippen LogP contribution in [0.25, 0.3) is 54.7 Å². The van der Waals surface area contributed by atoms with Crippen LogP contribution in [0.1, 0.15) is 89.4 Å². The number of piperidine rings is 1. The number of H-pyrrole nitrogens is 2. The lowest BCUT2D eigenvalue weighted by Crippen LogP contribution is -2.52. The Kier molecular flexibility index (Phi) is 10.8. The number of aromatic amines is 2. The first-order valence-corrected chi connectivity index (χ1v) is 22.6. The third-order valence-corrected chi connectivity index (χ3v) is 14.1. The van der Waals surface area contributed by atoms with E-state index >= 15 is 0 Å². The second-order valence-corrected chi connectivity index (χ2v) is 18.2. The summed E-state index contributed by atoms with van der Waals surface area (Å²) in [6.07, 6.45) is 11.3. The average molecular weight is 849 g/mol. The van der Waals surface area contributed by atoms with Gasteiger partial charge in [0.2, 0.25) is 11.8 Å². The normalized spacial score (nSPS) is 22.4. The summed E-state index contributed by atoms with van der Waals surface area (Å²) in [5.41, 5.74) is 6.77. The number of allylic oxidation sites excluding steroid dienone is 3. The molecule has 0 spiro atoms. The number of hydrogen-bond acceptors (Lipinski definition) is 8. The van der Waals surface area contributed by atoms with E-state index in [9.17, 15) is 14.4 Å². The predicted octanol–water partition coefficient (Wildman–Crippen LogP) is 8.74. The van der Waals surface area contributed by atoms with Gasteiger partial charge in [0.15, 0.2) is 0 Å². The number of carbonyl (C=O) groups excluding carboxylic acids is 3. The molecule has 2 aliphatic heterocycles. The first-order valence-electron chi connectivity index (χ1n) is 22.6. The summed E-state index contributed by atoms with van der Waals surface area (Å²) in [5, 5.41) is 10.6. The van der Waals surface area contributed by atoms with Crippen LogP contribution in [0.5, 0.6) is 0 Å². The molecular formula is C50H56N8O5. The van der Waals surface area contributed by atoms with Crippen molar-refractivity contribution in [1.29, 1.82) is 0 Å². The second-order valence-electron chi connectivity index (χ2n) is 18.2. The Balaban J connectivity index is 0.921. The van der Waals surface area contributed by atoms with Crippen LogP contribution in [0.2, 0.25) is 0 Å². The van der Waals surface area contributed by atoms with Gasteiger partial charge in [-0.2, -0.15) is 0 Å². The van der Waals surface area contributed by atoms with Crippen molar-refractivity contribution in [2.75, 3.05) is 20.8 Å². The van der Waals surface area contributed by atoms with Crippen molar-refractivity contribution in [2.24, 2.45) is 11.8 Å². The lowest BCUT2D eigenvalue weighted by Gasteiger charge is -2.37. The van der Waals surface area contributed by atoms with Crippen LogP contribution < -0.4 is 10.6 Å². The van der Waals surface area contributed by atoms with Crippen LogP contribution in [0.4, 0.5) is 4.79 Å². The minimum Gasteiger partial charge on any atom is -0.453 e. The fraction of sp³-hybridized carbons (Fsp3) is 0.420. The summed E-state index contributed by atoms with van der Waals surface area (Å²) in [6, 6.07) is 20.1. The molecule has 326 valence electrons. The highest BCUT2D eigenvalue weighted by Crippen LogP contribution is 2.50. The maximum absolute atomic E-state index is 14.5. The first-order chi connectivity index (χ1) is 30.6. The first kappa shape index (κ1) is 41.0. The van der Waals surface area contributed by atoms with Crippen molar-refractivity contribution in [2.45, 2.75) is 102 Å². The van der Waals surface area contributed by atoms with Crippen molar-refractivity contribution in [3.05, 3.63) is 96.1 Å². The number of benzene rings is 4. The van der Waals surface area contributed by atoms with Gasteiger partial charge in [-0.05, 0) is 115 Å². The molecule has 0 radical (unpaired) electrons.